The van der Waals surface area contributed by atoms with Gasteiger partial charge in [-0.15, -0.1) is 0 Å². The molecule has 0 aliphatic heterocycles. The molecule has 31 heavy (non-hydrogen) atoms. The highest BCUT2D eigenvalue weighted by molar-refractivity contribution is 6.07. The van der Waals surface area contributed by atoms with Crippen LogP contribution in [0.3, 0.4) is 0 Å². The number of furan rings is 1. The van der Waals surface area contributed by atoms with Gasteiger partial charge >= 0.3 is 0 Å². The molecule has 5 aromatic rings. The number of carbonyl (C=O) groups is 1. The van der Waals surface area contributed by atoms with Gasteiger partial charge in [0.15, 0.2) is 5.76 Å². The minimum atomic E-state index is -0.326. The fourth-order valence-corrected chi connectivity index (χ4v) is 3.83. The second-order valence-electron chi connectivity index (χ2n) is 7.43. The van der Waals surface area contributed by atoms with E-state index in [9.17, 15) is 4.79 Å². The number of nitrogens with zero attached hydrogens (tertiary/aromatic N) is 2. The first kappa shape index (κ1) is 18.9. The van der Waals surface area contributed by atoms with Gasteiger partial charge in [0.05, 0.1) is 7.11 Å². The first-order valence-electron chi connectivity index (χ1n) is 9.98. The molecule has 6 heteroatoms. The Morgan fingerprint density at radius 2 is 1.87 bits per heavy atom. The number of amides is 1. The topological polar surface area (TPSA) is 68.8 Å². The number of ether oxygens (including phenoxy) is 1. The van der Waals surface area contributed by atoms with Crippen molar-refractivity contribution in [2.45, 2.75) is 13.8 Å². The average Bonchev–Trinajstić information content (AvgIpc) is 3.33. The highest BCUT2D eigenvalue weighted by Gasteiger charge is 2.22. The third-order valence-corrected chi connectivity index (χ3v) is 5.47. The predicted octanol–water partition coefficient (Wildman–Crippen LogP) is 5.63. The summed E-state index contributed by atoms with van der Waals surface area (Å²) in [6.07, 6.45) is 1.90. The lowest BCUT2D eigenvalue weighted by Gasteiger charge is -2.07. The fourth-order valence-electron chi connectivity index (χ4n) is 3.83. The summed E-state index contributed by atoms with van der Waals surface area (Å²) in [6, 6.07) is 19.2. The first-order valence-corrected chi connectivity index (χ1v) is 9.98. The molecule has 0 saturated heterocycles. The van der Waals surface area contributed by atoms with E-state index in [1.807, 2.05) is 85.1 Å². The molecular weight excluding hydrogens is 390 g/mol. The zero-order valence-electron chi connectivity index (χ0n) is 17.5. The summed E-state index contributed by atoms with van der Waals surface area (Å²) in [5.41, 5.74) is 4.85. The van der Waals surface area contributed by atoms with Gasteiger partial charge in [0.2, 0.25) is 0 Å². The molecule has 5 rings (SSSR count). The van der Waals surface area contributed by atoms with Crippen LogP contribution in [0.1, 0.15) is 21.7 Å². The maximum absolute atomic E-state index is 13.3. The maximum Gasteiger partial charge on any atom is 0.292 e. The Morgan fingerprint density at radius 1 is 1.06 bits per heavy atom. The Bertz CT molecular complexity index is 1430. The Kier molecular flexibility index (Phi) is 4.47. The molecule has 0 spiro atoms. The zero-order chi connectivity index (χ0) is 21.5. The largest absolute Gasteiger partial charge is 0.497 e. The quantitative estimate of drug-likeness (QED) is 0.416. The number of hydrogen-bond acceptors (Lipinski definition) is 4. The number of benzene rings is 2. The number of hydrogen-bond donors (Lipinski definition) is 1. The summed E-state index contributed by atoms with van der Waals surface area (Å²) in [6.45, 7) is 3.87. The van der Waals surface area contributed by atoms with Crippen LogP contribution in [0.5, 0.6) is 5.75 Å². The van der Waals surface area contributed by atoms with Gasteiger partial charge in [-0.2, -0.15) is 0 Å². The Balaban J connectivity index is 1.62. The smallest absolute Gasteiger partial charge is 0.292 e. The number of anilines is 1. The lowest BCUT2D eigenvalue weighted by molar-refractivity contribution is 0.0997. The maximum atomic E-state index is 13.3. The SMILES string of the molecule is COc1ccc2oc(C(=O)Nc3c(-c4ccccc4)nc4c(C)cccn34)c(C)c2c1. The van der Waals surface area contributed by atoms with Crippen LogP contribution in [-0.2, 0) is 0 Å². The number of pyridine rings is 1. The number of carbonyl (C=O) groups excluding carboxylic acids is 1. The van der Waals surface area contributed by atoms with E-state index < -0.39 is 0 Å². The van der Waals surface area contributed by atoms with Gasteiger partial charge in [-0.05, 0) is 43.7 Å². The molecule has 3 heterocycles. The monoisotopic (exact) mass is 411 g/mol. The molecule has 154 valence electrons. The third-order valence-electron chi connectivity index (χ3n) is 5.47. The number of aryl methyl sites for hydroxylation is 2. The molecule has 0 aliphatic rings. The highest BCUT2D eigenvalue weighted by atomic mass is 16.5. The summed E-state index contributed by atoms with van der Waals surface area (Å²) in [4.78, 5) is 18.1. The van der Waals surface area contributed by atoms with Crippen molar-refractivity contribution in [2.24, 2.45) is 0 Å². The van der Waals surface area contributed by atoms with Crippen LogP contribution in [0.15, 0.2) is 71.3 Å². The predicted molar refractivity (Wildman–Crippen MR) is 121 cm³/mol. The molecule has 3 aromatic heterocycles. The molecule has 0 radical (unpaired) electrons. The summed E-state index contributed by atoms with van der Waals surface area (Å²) >= 11 is 0. The Hall–Kier alpha value is -4.06. The number of imidazole rings is 1. The second kappa shape index (κ2) is 7.32. The molecule has 6 nitrogen and oxygen atoms in total. The number of nitrogens with one attached hydrogen (secondary N) is 1. The Morgan fingerprint density at radius 3 is 2.65 bits per heavy atom. The molecular formula is C25H21N3O3. The van der Waals surface area contributed by atoms with Crippen LogP contribution in [0, 0.1) is 13.8 Å². The number of rotatable bonds is 4. The van der Waals surface area contributed by atoms with Crippen molar-refractivity contribution in [3.8, 4) is 17.0 Å². The van der Waals surface area contributed by atoms with E-state index in [0.29, 0.717) is 22.8 Å². The first-order chi connectivity index (χ1) is 15.1. The van der Waals surface area contributed by atoms with E-state index in [4.69, 9.17) is 14.1 Å². The van der Waals surface area contributed by atoms with E-state index in [1.54, 1.807) is 7.11 Å². The van der Waals surface area contributed by atoms with Crippen LogP contribution in [0.2, 0.25) is 0 Å². The number of aromatic nitrogens is 2. The van der Waals surface area contributed by atoms with Gasteiger partial charge in [0.1, 0.15) is 28.5 Å². The highest BCUT2D eigenvalue weighted by Crippen LogP contribution is 2.32. The van der Waals surface area contributed by atoms with Gasteiger partial charge < -0.3 is 14.5 Å². The van der Waals surface area contributed by atoms with Crippen LogP contribution in [0.25, 0.3) is 27.9 Å². The molecule has 0 bridgehead atoms. The van der Waals surface area contributed by atoms with Gasteiger partial charge in [0, 0.05) is 22.7 Å². The van der Waals surface area contributed by atoms with Crippen LogP contribution >= 0.6 is 0 Å². The zero-order valence-corrected chi connectivity index (χ0v) is 17.5. The van der Waals surface area contributed by atoms with E-state index in [-0.39, 0.29) is 11.7 Å². The average molecular weight is 411 g/mol. The number of methoxy groups -OCH3 is 1. The van der Waals surface area contributed by atoms with E-state index in [1.165, 1.54) is 0 Å². The van der Waals surface area contributed by atoms with Crippen LogP contribution in [-0.4, -0.2) is 22.4 Å². The van der Waals surface area contributed by atoms with E-state index >= 15 is 0 Å². The third kappa shape index (κ3) is 3.13. The van der Waals surface area contributed by atoms with Crippen molar-refractivity contribution < 1.29 is 13.9 Å². The molecule has 0 unspecified atom stereocenters. The fraction of sp³-hybridized carbons (Fsp3) is 0.120. The van der Waals surface area contributed by atoms with Crippen molar-refractivity contribution in [2.75, 3.05) is 12.4 Å². The molecule has 1 amide bonds. The normalized spacial score (nSPS) is 11.2. The molecule has 0 saturated carbocycles. The minimum absolute atomic E-state index is 0.268. The molecule has 1 N–H and O–H groups in total. The van der Waals surface area contributed by atoms with Crippen molar-refractivity contribution >= 4 is 28.3 Å². The second-order valence-corrected chi connectivity index (χ2v) is 7.43. The van der Waals surface area contributed by atoms with Crippen molar-refractivity contribution in [3.05, 3.63) is 83.7 Å². The summed E-state index contributed by atoms with van der Waals surface area (Å²) < 4.78 is 13.1. The van der Waals surface area contributed by atoms with Gasteiger partial charge in [-0.25, -0.2) is 4.98 Å². The summed E-state index contributed by atoms with van der Waals surface area (Å²) in [7, 11) is 1.61. The molecule has 0 atom stereocenters. The van der Waals surface area contributed by atoms with Crippen LogP contribution < -0.4 is 10.1 Å². The summed E-state index contributed by atoms with van der Waals surface area (Å²) in [5, 5.41) is 3.89. The van der Waals surface area contributed by atoms with Crippen LogP contribution in [0.4, 0.5) is 5.82 Å². The molecule has 0 aliphatic carbocycles. The lowest BCUT2D eigenvalue weighted by Crippen LogP contribution is -2.14. The standard InChI is InChI=1S/C25H21N3O3/c1-15-8-7-13-28-23(15)26-21(17-9-5-4-6-10-17)24(28)27-25(29)22-16(2)19-14-18(30-3)11-12-20(19)31-22/h4-14H,1-3H3,(H,27,29). The van der Waals surface area contributed by atoms with E-state index in [0.717, 1.165) is 27.7 Å². The molecule has 0 fully saturated rings. The summed E-state index contributed by atoms with van der Waals surface area (Å²) in [5.74, 6) is 1.26. The van der Waals surface area contributed by atoms with Crippen molar-refractivity contribution in [3.63, 3.8) is 0 Å². The van der Waals surface area contributed by atoms with Crippen molar-refractivity contribution in [1.29, 1.82) is 0 Å². The van der Waals surface area contributed by atoms with Gasteiger partial charge in [-0.3, -0.25) is 9.20 Å². The minimum Gasteiger partial charge on any atom is -0.497 e. The number of fused-ring (bicyclic) bond motifs is 2. The molecule has 2 aromatic carbocycles. The van der Waals surface area contributed by atoms with Gasteiger partial charge in [-0.1, -0.05) is 36.4 Å². The van der Waals surface area contributed by atoms with Gasteiger partial charge in [0.25, 0.3) is 5.91 Å². The van der Waals surface area contributed by atoms with Crippen molar-refractivity contribution in [1.82, 2.24) is 9.38 Å². The van der Waals surface area contributed by atoms with E-state index in [2.05, 4.69) is 5.32 Å². The lowest BCUT2D eigenvalue weighted by atomic mass is 10.1. The Labute approximate surface area is 179 Å².